The van der Waals surface area contributed by atoms with Gasteiger partial charge in [0.15, 0.2) is 0 Å². The van der Waals surface area contributed by atoms with E-state index in [1.807, 2.05) is 6.07 Å². The maximum absolute atomic E-state index is 13.5. The Kier molecular flexibility index (Phi) is 7.06. The molecule has 174 valence electrons. The van der Waals surface area contributed by atoms with Crippen LogP contribution in [0.4, 0.5) is 17.1 Å². The number of amides is 1. The van der Waals surface area contributed by atoms with Crippen molar-refractivity contribution in [3.63, 3.8) is 0 Å². The first-order valence-electron chi connectivity index (χ1n) is 10.9. The normalized spacial score (nSPS) is 13.7. The number of piperidine rings is 1. The second-order valence-electron chi connectivity index (χ2n) is 7.96. The molecule has 2 N–H and O–H groups in total. The summed E-state index contributed by atoms with van der Waals surface area (Å²) in [5.41, 5.74) is 2.00. The quantitative estimate of drug-likeness (QED) is 0.487. The molecule has 1 amide bonds. The van der Waals surface area contributed by atoms with Crippen LogP contribution in [0.15, 0.2) is 71.6 Å². The Hall–Kier alpha value is -3.54. The van der Waals surface area contributed by atoms with Gasteiger partial charge in [0.1, 0.15) is 4.90 Å². The largest absolute Gasteiger partial charge is 0.370 e. The number of halogens is 1. The van der Waals surface area contributed by atoms with Gasteiger partial charge in [-0.25, -0.2) is 8.42 Å². The Balaban J connectivity index is 1.68. The van der Waals surface area contributed by atoms with Crippen LogP contribution in [0.1, 0.15) is 35.2 Å². The van der Waals surface area contributed by atoms with Gasteiger partial charge in [-0.15, -0.1) is 0 Å². The van der Waals surface area contributed by atoms with E-state index in [0.29, 0.717) is 22.5 Å². The number of anilines is 3. The zero-order valence-corrected chi connectivity index (χ0v) is 19.9. The van der Waals surface area contributed by atoms with Gasteiger partial charge in [-0.3, -0.25) is 9.52 Å². The van der Waals surface area contributed by atoms with Crippen molar-refractivity contribution in [1.82, 2.24) is 0 Å². The zero-order chi connectivity index (χ0) is 24.1. The molecule has 0 spiro atoms. The minimum Gasteiger partial charge on any atom is -0.370 e. The summed E-state index contributed by atoms with van der Waals surface area (Å²) in [6, 6.07) is 19.7. The highest BCUT2D eigenvalue weighted by Gasteiger charge is 2.25. The van der Waals surface area contributed by atoms with Crippen molar-refractivity contribution in [1.29, 1.82) is 5.26 Å². The summed E-state index contributed by atoms with van der Waals surface area (Å²) in [6.07, 6.45) is 3.07. The first-order valence-corrected chi connectivity index (χ1v) is 12.7. The van der Waals surface area contributed by atoms with Crippen molar-refractivity contribution in [3.8, 4) is 6.07 Å². The lowest BCUT2D eigenvalue weighted by atomic mass is 10.1. The number of hydrogen-bond acceptors (Lipinski definition) is 5. The van der Waals surface area contributed by atoms with Crippen molar-refractivity contribution in [2.45, 2.75) is 24.2 Å². The molecule has 1 heterocycles. The number of nitriles is 1. The summed E-state index contributed by atoms with van der Waals surface area (Å²) in [4.78, 5) is 14.8. The molecular formula is C25H23ClN4O3S. The van der Waals surface area contributed by atoms with Crippen molar-refractivity contribution in [3.05, 3.63) is 82.9 Å². The number of para-hydroxylation sites is 1. The summed E-state index contributed by atoms with van der Waals surface area (Å²) < 4.78 is 29.5. The lowest BCUT2D eigenvalue weighted by molar-refractivity contribution is 0.102. The van der Waals surface area contributed by atoms with Gasteiger partial charge in [0.2, 0.25) is 0 Å². The molecule has 0 aromatic heterocycles. The first kappa shape index (κ1) is 23.6. The van der Waals surface area contributed by atoms with Crippen molar-refractivity contribution in [2.75, 3.05) is 28.0 Å². The first-order chi connectivity index (χ1) is 16.4. The number of hydrogen-bond donors (Lipinski definition) is 2. The van der Waals surface area contributed by atoms with Crippen LogP contribution in [0.3, 0.4) is 0 Å². The molecule has 1 aliphatic rings. The Bertz CT molecular complexity index is 1350. The van der Waals surface area contributed by atoms with Crippen LogP contribution in [0.25, 0.3) is 0 Å². The molecule has 1 fully saturated rings. The van der Waals surface area contributed by atoms with Crippen LogP contribution in [0.2, 0.25) is 5.02 Å². The lowest BCUT2D eigenvalue weighted by Crippen LogP contribution is -2.31. The van der Waals surface area contributed by atoms with Gasteiger partial charge < -0.3 is 10.2 Å². The van der Waals surface area contributed by atoms with Crippen LogP contribution in [-0.4, -0.2) is 27.4 Å². The van der Waals surface area contributed by atoms with Gasteiger partial charge in [0.05, 0.1) is 28.0 Å². The maximum atomic E-state index is 13.5. The van der Waals surface area contributed by atoms with Gasteiger partial charge in [0.25, 0.3) is 15.9 Å². The highest BCUT2D eigenvalue weighted by Crippen LogP contribution is 2.33. The average molecular weight is 495 g/mol. The molecule has 1 saturated heterocycles. The van der Waals surface area contributed by atoms with E-state index in [0.717, 1.165) is 32.4 Å². The summed E-state index contributed by atoms with van der Waals surface area (Å²) in [5, 5.41) is 12.0. The van der Waals surface area contributed by atoms with E-state index in [2.05, 4.69) is 14.9 Å². The van der Waals surface area contributed by atoms with E-state index in [9.17, 15) is 13.2 Å². The van der Waals surface area contributed by atoms with Gasteiger partial charge in [0, 0.05) is 24.3 Å². The summed E-state index contributed by atoms with van der Waals surface area (Å²) >= 11 is 6.18. The fourth-order valence-electron chi connectivity index (χ4n) is 3.85. The topological polar surface area (TPSA) is 102 Å². The summed E-state index contributed by atoms with van der Waals surface area (Å²) in [7, 11) is -4.01. The number of sulfonamides is 1. The molecule has 3 aromatic carbocycles. The molecule has 1 aliphatic heterocycles. The Labute approximate surface area is 204 Å². The second-order valence-corrected chi connectivity index (χ2v) is 10.0. The maximum Gasteiger partial charge on any atom is 0.264 e. The molecule has 0 aliphatic carbocycles. The minimum absolute atomic E-state index is 0.0620. The van der Waals surface area contributed by atoms with E-state index >= 15 is 0 Å². The summed E-state index contributed by atoms with van der Waals surface area (Å²) in [6.45, 7) is 1.51. The molecule has 4 rings (SSSR count). The molecule has 0 bridgehead atoms. The predicted molar refractivity (Wildman–Crippen MR) is 134 cm³/mol. The second kappa shape index (κ2) is 10.2. The third-order valence-electron chi connectivity index (χ3n) is 5.60. The average Bonchev–Trinajstić information content (AvgIpc) is 2.86. The van der Waals surface area contributed by atoms with Crippen molar-refractivity contribution < 1.29 is 13.2 Å². The van der Waals surface area contributed by atoms with E-state index in [1.165, 1.54) is 6.07 Å². The molecule has 7 nitrogen and oxygen atoms in total. The zero-order valence-electron chi connectivity index (χ0n) is 18.3. The number of carbonyl (C=O) groups excluding carboxylic acids is 1. The van der Waals surface area contributed by atoms with E-state index in [1.54, 1.807) is 60.7 Å². The van der Waals surface area contributed by atoms with Gasteiger partial charge in [-0.1, -0.05) is 23.7 Å². The van der Waals surface area contributed by atoms with E-state index < -0.39 is 15.9 Å². The summed E-state index contributed by atoms with van der Waals surface area (Å²) in [5.74, 6) is -0.405. The van der Waals surface area contributed by atoms with Crippen molar-refractivity contribution >= 4 is 44.6 Å². The Morgan fingerprint density at radius 1 is 0.971 bits per heavy atom. The highest BCUT2D eigenvalue weighted by molar-refractivity contribution is 7.93. The van der Waals surface area contributed by atoms with Crippen LogP contribution >= 0.6 is 11.6 Å². The third-order valence-corrected chi connectivity index (χ3v) is 7.32. The van der Waals surface area contributed by atoms with E-state index in [4.69, 9.17) is 16.9 Å². The molecule has 0 radical (unpaired) electrons. The molecule has 9 heteroatoms. The smallest absolute Gasteiger partial charge is 0.264 e. The fraction of sp³-hybridized carbons (Fsp3) is 0.200. The lowest BCUT2D eigenvalue weighted by Gasteiger charge is -2.30. The number of benzene rings is 3. The van der Waals surface area contributed by atoms with Gasteiger partial charge in [-0.2, -0.15) is 5.26 Å². The highest BCUT2D eigenvalue weighted by atomic mass is 35.5. The molecule has 34 heavy (non-hydrogen) atoms. The van der Waals surface area contributed by atoms with Crippen LogP contribution in [0, 0.1) is 11.3 Å². The Morgan fingerprint density at radius 2 is 1.68 bits per heavy atom. The number of carbonyl (C=O) groups is 1. The molecule has 3 aromatic rings. The standard InChI is InChI=1S/C25H23ClN4O3S/c26-21-6-2-3-7-22(21)29-34(32,33)24-16-20(12-13-23(24)30-14-4-1-5-15-30)28-25(31)19-10-8-18(17-27)9-11-19/h2-3,6-13,16,29H,1,4-5,14-15H2,(H,28,31). The number of nitrogens with zero attached hydrogens (tertiary/aromatic N) is 2. The van der Waals surface area contributed by atoms with Crippen LogP contribution in [0.5, 0.6) is 0 Å². The Morgan fingerprint density at radius 3 is 2.35 bits per heavy atom. The SMILES string of the molecule is N#Cc1ccc(C(=O)Nc2ccc(N3CCCCC3)c(S(=O)(=O)Nc3ccccc3Cl)c2)cc1. The van der Waals surface area contributed by atoms with Crippen LogP contribution in [-0.2, 0) is 10.0 Å². The van der Waals surface area contributed by atoms with Crippen LogP contribution < -0.4 is 14.9 Å². The molecular weight excluding hydrogens is 472 g/mol. The number of rotatable bonds is 6. The molecule has 0 unspecified atom stereocenters. The third kappa shape index (κ3) is 5.33. The fourth-order valence-corrected chi connectivity index (χ4v) is 5.42. The van der Waals surface area contributed by atoms with Gasteiger partial charge >= 0.3 is 0 Å². The van der Waals surface area contributed by atoms with Gasteiger partial charge in [-0.05, 0) is 73.9 Å². The van der Waals surface area contributed by atoms with Crippen molar-refractivity contribution in [2.24, 2.45) is 0 Å². The monoisotopic (exact) mass is 494 g/mol. The van der Waals surface area contributed by atoms with E-state index in [-0.39, 0.29) is 15.6 Å². The predicted octanol–water partition coefficient (Wildman–Crippen LogP) is 5.26. The molecule has 0 atom stereocenters. The minimum atomic E-state index is -4.01. The molecule has 0 saturated carbocycles. The number of nitrogens with one attached hydrogen (secondary N) is 2.